The van der Waals surface area contributed by atoms with Gasteiger partial charge in [-0.05, 0) is 58.1 Å². The topological polar surface area (TPSA) is 27.3 Å². The molecule has 136 valence electrons. The zero-order valence-electron chi connectivity index (χ0n) is 14.2. The van der Waals surface area contributed by atoms with Crippen LogP contribution < -0.4 is 10.6 Å². The van der Waals surface area contributed by atoms with Gasteiger partial charge in [-0.3, -0.25) is 4.90 Å². The maximum Gasteiger partial charge on any atom is 0.417 e. The van der Waals surface area contributed by atoms with Gasteiger partial charge in [-0.2, -0.15) is 13.2 Å². The van der Waals surface area contributed by atoms with Gasteiger partial charge in [-0.15, -0.1) is 0 Å². The summed E-state index contributed by atoms with van der Waals surface area (Å²) >= 11 is 10.7. The fraction of sp³-hybridized carbons (Fsp3) is 0.562. The molecule has 0 unspecified atom stereocenters. The van der Waals surface area contributed by atoms with Crippen LogP contribution in [0.5, 0.6) is 0 Å². The van der Waals surface area contributed by atoms with Gasteiger partial charge < -0.3 is 10.6 Å². The van der Waals surface area contributed by atoms with E-state index in [1.54, 1.807) is 0 Å². The largest absolute Gasteiger partial charge is 0.417 e. The molecular weight excluding hydrogens is 359 g/mol. The SMILES string of the molecule is CC(C)N(CCNC(=S)Nc1ccc(Cl)c(C(F)(F)F)c1)C(C)C. The van der Waals surface area contributed by atoms with E-state index in [1.165, 1.54) is 12.1 Å². The Bertz CT molecular complexity index is 554. The van der Waals surface area contributed by atoms with E-state index in [0.717, 1.165) is 12.6 Å². The monoisotopic (exact) mass is 381 g/mol. The minimum atomic E-state index is -4.50. The van der Waals surface area contributed by atoms with E-state index in [9.17, 15) is 13.2 Å². The van der Waals surface area contributed by atoms with Gasteiger partial charge >= 0.3 is 6.18 Å². The van der Waals surface area contributed by atoms with E-state index < -0.39 is 11.7 Å². The Morgan fingerprint density at radius 2 is 1.79 bits per heavy atom. The molecule has 2 N–H and O–H groups in total. The normalized spacial score (nSPS) is 12.1. The van der Waals surface area contributed by atoms with Crippen molar-refractivity contribution in [1.29, 1.82) is 0 Å². The molecule has 3 nitrogen and oxygen atoms in total. The smallest absolute Gasteiger partial charge is 0.361 e. The third kappa shape index (κ3) is 6.45. The highest BCUT2D eigenvalue weighted by molar-refractivity contribution is 7.80. The molecule has 0 bridgehead atoms. The molecule has 0 aliphatic rings. The van der Waals surface area contributed by atoms with Crippen molar-refractivity contribution in [2.24, 2.45) is 0 Å². The van der Waals surface area contributed by atoms with Crippen LogP contribution in [0.2, 0.25) is 5.02 Å². The van der Waals surface area contributed by atoms with E-state index >= 15 is 0 Å². The van der Waals surface area contributed by atoms with E-state index in [2.05, 4.69) is 43.2 Å². The second-order valence-electron chi connectivity index (χ2n) is 6.00. The van der Waals surface area contributed by atoms with Gasteiger partial charge in [-0.1, -0.05) is 11.6 Å². The Balaban J connectivity index is 2.60. The zero-order valence-corrected chi connectivity index (χ0v) is 15.7. The van der Waals surface area contributed by atoms with Gasteiger partial charge in [0, 0.05) is 30.9 Å². The molecular formula is C16H23ClF3N3S. The number of benzene rings is 1. The molecule has 8 heteroatoms. The second-order valence-corrected chi connectivity index (χ2v) is 6.81. The number of nitrogens with zero attached hydrogens (tertiary/aromatic N) is 1. The van der Waals surface area contributed by atoms with Crippen molar-refractivity contribution in [3.63, 3.8) is 0 Å². The first kappa shape index (κ1) is 21.0. The standard InChI is InChI=1S/C16H23ClF3N3S/c1-10(2)23(11(3)4)8-7-21-15(24)22-12-5-6-14(17)13(9-12)16(18,19)20/h5-6,9-11H,7-8H2,1-4H3,(H2,21,22,24). The van der Waals surface area contributed by atoms with E-state index in [4.69, 9.17) is 23.8 Å². The van der Waals surface area contributed by atoms with Crippen LogP contribution in [-0.4, -0.2) is 35.2 Å². The summed E-state index contributed by atoms with van der Waals surface area (Å²) in [4.78, 5) is 2.29. The summed E-state index contributed by atoms with van der Waals surface area (Å²) in [6.07, 6.45) is -4.50. The van der Waals surface area contributed by atoms with Crippen LogP contribution in [0.4, 0.5) is 18.9 Å². The number of hydrogen-bond donors (Lipinski definition) is 2. The molecule has 0 saturated heterocycles. The fourth-order valence-corrected chi connectivity index (χ4v) is 2.85. The third-order valence-corrected chi connectivity index (χ3v) is 4.09. The van der Waals surface area contributed by atoms with Crippen molar-refractivity contribution >= 4 is 34.6 Å². The van der Waals surface area contributed by atoms with Crippen LogP contribution in [0.1, 0.15) is 33.3 Å². The van der Waals surface area contributed by atoms with Crippen molar-refractivity contribution in [1.82, 2.24) is 10.2 Å². The van der Waals surface area contributed by atoms with Gasteiger partial charge in [0.2, 0.25) is 0 Å². The lowest BCUT2D eigenvalue weighted by molar-refractivity contribution is -0.137. The predicted molar refractivity (Wildman–Crippen MR) is 97.7 cm³/mol. The van der Waals surface area contributed by atoms with Gasteiger partial charge in [-0.25, -0.2) is 0 Å². The van der Waals surface area contributed by atoms with Crippen LogP contribution in [-0.2, 0) is 6.18 Å². The second kappa shape index (κ2) is 8.87. The Morgan fingerprint density at radius 3 is 2.29 bits per heavy atom. The van der Waals surface area contributed by atoms with E-state index in [-0.39, 0.29) is 15.8 Å². The van der Waals surface area contributed by atoms with Gasteiger partial charge in [0.05, 0.1) is 10.6 Å². The average Bonchev–Trinajstić information content (AvgIpc) is 2.43. The molecule has 0 aliphatic heterocycles. The number of halogens is 4. The number of thiocarbonyl (C=S) groups is 1. The Labute approximate surface area is 151 Å². The molecule has 0 amide bonds. The predicted octanol–water partition coefficient (Wildman–Crippen LogP) is 4.76. The molecule has 0 aliphatic carbocycles. The van der Waals surface area contributed by atoms with Gasteiger partial charge in [0.15, 0.2) is 5.11 Å². The molecule has 0 saturated carbocycles. The molecule has 0 aromatic heterocycles. The molecule has 0 atom stereocenters. The van der Waals surface area contributed by atoms with Crippen LogP contribution in [0, 0.1) is 0 Å². The highest BCUT2D eigenvalue weighted by Crippen LogP contribution is 2.36. The summed E-state index contributed by atoms with van der Waals surface area (Å²) < 4.78 is 38.5. The Hall–Kier alpha value is -1.05. The lowest BCUT2D eigenvalue weighted by Crippen LogP contribution is -2.43. The van der Waals surface area contributed by atoms with Gasteiger partial charge in [0.1, 0.15) is 0 Å². The van der Waals surface area contributed by atoms with Crippen molar-refractivity contribution in [3.8, 4) is 0 Å². The quantitative estimate of drug-likeness (QED) is 0.694. The number of rotatable bonds is 6. The molecule has 0 heterocycles. The first-order valence-corrected chi connectivity index (χ1v) is 8.48. The lowest BCUT2D eigenvalue weighted by Gasteiger charge is -2.30. The van der Waals surface area contributed by atoms with Crippen LogP contribution in [0.3, 0.4) is 0 Å². The Kier molecular flexibility index (Phi) is 7.76. The van der Waals surface area contributed by atoms with Gasteiger partial charge in [0.25, 0.3) is 0 Å². The summed E-state index contributed by atoms with van der Waals surface area (Å²) in [5.41, 5.74) is -0.642. The number of alkyl halides is 3. The maximum atomic E-state index is 12.8. The van der Waals surface area contributed by atoms with Crippen LogP contribution >= 0.6 is 23.8 Å². The summed E-state index contributed by atoms with van der Waals surface area (Å²) in [6, 6.07) is 4.41. The lowest BCUT2D eigenvalue weighted by atomic mass is 10.2. The van der Waals surface area contributed by atoms with Crippen molar-refractivity contribution in [2.45, 2.75) is 46.0 Å². The average molecular weight is 382 g/mol. The molecule has 1 aromatic carbocycles. The summed E-state index contributed by atoms with van der Waals surface area (Å²) in [5, 5.41) is 5.70. The van der Waals surface area contributed by atoms with Crippen molar-refractivity contribution < 1.29 is 13.2 Å². The molecule has 1 rings (SSSR count). The highest BCUT2D eigenvalue weighted by Gasteiger charge is 2.33. The summed E-state index contributed by atoms with van der Waals surface area (Å²) in [6.45, 7) is 9.84. The molecule has 0 spiro atoms. The minimum absolute atomic E-state index is 0.244. The minimum Gasteiger partial charge on any atom is -0.361 e. The number of anilines is 1. The first-order chi connectivity index (χ1) is 11.0. The summed E-state index contributed by atoms with van der Waals surface area (Å²) in [7, 11) is 0. The summed E-state index contributed by atoms with van der Waals surface area (Å²) in [5.74, 6) is 0. The number of hydrogen-bond acceptors (Lipinski definition) is 2. The zero-order chi connectivity index (χ0) is 18.5. The maximum absolute atomic E-state index is 12.8. The molecule has 1 aromatic rings. The Morgan fingerprint density at radius 1 is 1.21 bits per heavy atom. The van der Waals surface area contributed by atoms with Crippen LogP contribution in [0.15, 0.2) is 18.2 Å². The fourth-order valence-electron chi connectivity index (χ4n) is 2.41. The van der Waals surface area contributed by atoms with Crippen LogP contribution in [0.25, 0.3) is 0 Å². The highest BCUT2D eigenvalue weighted by atomic mass is 35.5. The van der Waals surface area contributed by atoms with E-state index in [0.29, 0.717) is 18.6 Å². The van der Waals surface area contributed by atoms with Crippen molar-refractivity contribution in [3.05, 3.63) is 28.8 Å². The third-order valence-electron chi connectivity index (χ3n) is 3.51. The first-order valence-electron chi connectivity index (χ1n) is 7.69. The molecule has 24 heavy (non-hydrogen) atoms. The van der Waals surface area contributed by atoms with E-state index in [1.807, 2.05) is 0 Å². The van der Waals surface area contributed by atoms with Crippen molar-refractivity contribution in [2.75, 3.05) is 18.4 Å². The molecule has 0 fully saturated rings. The molecule has 0 radical (unpaired) electrons. The number of nitrogens with one attached hydrogen (secondary N) is 2.